The maximum Gasteiger partial charge on any atom is 0.211 e. The van der Waals surface area contributed by atoms with Gasteiger partial charge in [-0.15, -0.1) is 0 Å². The summed E-state index contributed by atoms with van der Waals surface area (Å²) in [5.41, 5.74) is 29.9. The molecule has 0 amide bonds. The largest absolute Gasteiger partial charge is 0.306 e. The van der Waals surface area contributed by atoms with Crippen LogP contribution in [0.25, 0.3) is 0 Å². The van der Waals surface area contributed by atoms with Crippen molar-refractivity contribution in [1.29, 1.82) is 0 Å². The molecule has 1 heterocycles. The Morgan fingerprint density at radius 1 is 0.700 bits per heavy atom. The Morgan fingerprint density at radius 3 is 1.00 bits per heavy atom. The zero-order valence-corrected chi connectivity index (χ0v) is 5.37. The Morgan fingerprint density at radius 2 is 1.00 bits per heavy atom. The molecule has 0 atom stereocenters. The molecule has 60 valence electrons. The van der Waals surface area contributed by atoms with Crippen LogP contribution in [0.2, 0.25) is 0 Å². The summed E-state index contributed by atoms with van der Waals surface area (Å²) in [5, 5.41) is 0. The second kappa shape index (κ2) is 1.48. The van der Waals surface area contributed by atoms with Crippen molar-refractivity contribution in [3.63, 3.8) is 0 Å². The van der Waals surface area contributed by atoms with Gasteiger partial charge in [0.25, 0.3) is 0 Å². The lowest BCUT2D eigenvalue weighted by Gasteiger charge is -2.59. The summed E-state index contributed by atoms with van der Waals surface area (Å²) in [7, 11) is 0. The Labute approximate surface area is 57.6 Å². The van der Waals surface area contributed by atoms with E-state index in [0.717, 1.165) is 0 Å². The summed E-state index contributed by atoms with van der Waals surface area (Å²) >= 11 is 0. The van der Waals surface area contributed by atoms with E-state index in [1.165, 1.54) is 0 Å². The van der Waals surface area contributed by atoms with E-state index in [1.54, 1.807) is 0 Å². The SMILES string of the molecule is NC1(N)OC(N)(N)C1(N)N. The van der Waals surface area contributed by atoms with Crippen molar-refractivity contribution in [3.05, 3.63) is 0 Å². The summed E-state index contributed by atoms with van der Waals surface area (Å²) in [4.78, 5) is 0. The lowest BCUT2D eigenvalue weighted by molar-refractivity contribution is -0.328. The molecule has 0 saturated carbocycles. The van der Waals surface area contributed by atoms with Crippen molar-refractivity contribution in [2.75, 3.05) is 0 Å². The minimum absolute atomic E-state index is 1.60. The van der Waals surface area contributed by atoms with E-state index in [0.29, 0.717) is 0 Å². The van der Waals surface area contributed by atoms with Gasteiger partial charge in [-0.25, -0.2) is 0 Å². The molecule has 0 spiro atoms. The van der Waals surface area contributed by atoms with Crippen molar-refractivity contribution in [2.45, 2.75) is 17.4 Å². The van der Waals surface area contributed by atoms with Crippen LogP contribution >= 0.6 is 0 Å². The quantitative estimate of drug-likeness (QED) is 0.189. The van der Waals surface area contributed by atoms with Crippen molar-refractivity contribution >= 4 is 0 Å². The van der Waals surface area contributed by atoms with Crippen LogP contribution in [0, 0.1) is 0 Å². The molecule has 0 aromatic rings. The van der Waals surface area contributed by atoms with E-state index in [4.69, 9.17) is 34.4 Å². The molecule has 12 N–H and O–H groups in total. The normalized spacial score (nSPS) is 33.0. The van der Waals surface area contributed by atoms with Crippen molar-refractivity contribution in [2.24, 2.45) is 34.4 Å². The van der Waals surface area contributed by atoms with E-state index in [2.05, 4.69) is 4.74 Å². The Hall–Kier alpha value is -0.280. The number of ether oxygens (including phenoxy) is 1. The third-order valence-electron chi connectivity index (χ3n) is 1.63. The topological polar surface area (TPSA) is 165 Å². The molecule has 7 heteroatoms. The van der Waals surface area contributed by atoms with Gasteiger partial charge >= 0.3 is 0 Å². The van der Waals surface area contributed by atoms with E-state index < -0.39 is 17.4 Å². The Kier molecular flexibility index (Phi) is 1.16. The zero-order valence-electron chi connectivity index (χ0n) is 5.37. The smallest absolute Gasteiger partial charge is 0.211 e. The molecule has 0 bridgehead atoms. The second-order valence-electron chi connectivity index (χ2n) is 2.56. The molecule has 0 unspecified atom stereocenters. The van der Waals surface area contributed by atoms with Crippen LogP contribution in [-0.2, 0) is 4.74 Å². The molecule has 1 fully saturated rings. The number of rotatable bonds is 0. The van der Waals surface area contributed by atoms with Crippen LogP contribution in [0.3, 0.4) is 0 Å². The summed E-state index contributed by atoms with van der Waals surface area (Å²) in [6.45, 7) is 0. The van der Waals surface area contributed by atoms with Crippen LogP contribution in [0.15, 0.2) is 0 Å². The van der Waals surface area contributed by atoms with Crippen LogP contribution in [0.1, 0.15) is 0 Å². The highest BCUT2D eigenvalue weighted by Gasteiger charge is 2.67. The minimum atomic E-state index is -1.64. The third kappa shape index (κ3) is 0.620. The number of hydrogen-bond acceptors (Lipinski definition) is 7. The molecule has 1 aliphatic rings. The molecule has 0 radical (unpaired) electrons. The van der Waals surface area contributed by atoms with E-state index in [1.807, 2.05) is 0 Å². The van der Waals surface area contributed by atoms with Gasteiger partial charge in [-0.1, -0.05) is 0 Å². The summed E-state index contributed by atoms with van der Waals surface area (Å²) in [6.07, 6.45) is 0. The Bertz CT molecular complexity index is 146. The molecule has 0 aromatic heterocycles. The van der Waals surface area contributed by atoms with Crippen LogP contribution in [0.5, 0.6) is 0 Å². The van der Waals surface area contributed by atoms with E-state index in [9.17, 15) is 0 Å². The fourth-order valence-corrected chi connectivity index (χ4v) is 0.707. The molecule has 10 heavy (non-hydrogen) atoms. The van der Waals surface area contributed by atoms with Gasteiger partial charge in [-0.05, 0) is 0 Å². The predicted octanol–water partition coefficient (Wildman–Crippen LogP) is -4.23. The zero-order chi connectivity index (χ0) is 8.21. The number of nitrogens with two attached hydrogens (primary N) is 6. The molecule has 7 nitrogen and oxygen atoms in total. The molecule has 0 aromatic carbocycles. The standard InChI is InChI=1S/C3H12N6O/c4-1(5)2(6,7)10-3(1,8)9/h4-9H2. The molecule has 1 rings (SSSR count). The maximum absolute atomic E-state index is 5.33. The Balaban J connectivity index is 2.85. The summed E-state index contributed by atoms with van der Waals surface area (Å²) in [6, 6.07) is 0. The highest BCUT2D eigenvalue weighted by atomic mass is 16.6. The molecule has 1 aliphatic heterocycles. The first kappa shape index (κ1) is 7.82. The third-order valence-corrected chi connectivity index (χ3v) is 1.63. The molecule has 1 saturated heterocycles. The van der Waals surface area contributed by atoms with Gasteiger partial charge in [0.15, 0.2) is 5.66 Å². The van der Waals surface area contributed by atoms with Crippen molar-refractivity contribution in [3.8, 4) is 0 Å². The van der Waals surface area contributed by atoms with E-state index in [-0.39, 0.29) is 0 Å². The first-order valence-corrected chi connectivity index (χ1v) is 2.64. The van der Waals surface area contributed by atoms with Crippen molar-refractivity contribution < 1.29 is 4.74 Å². The molecular weight excluding hydrogens is 136 g/mol. The lowest BCUT2D eigenvalue weighted by Crippen LogP contribution is -3.00. The van der Waals surface area contributed by atoms with Crippen LogP contribution in [0.4, 0.5) is 0 Å². The first-order valence-electron chi connectivity index (χ1n) is 2.64. The van der Waals surface area contributed by atoms with E-state index >= 15 is 0 Å². The monoisotopic (exact) mass is 148 g/mol. The predicted molar refractivity (Wildman–Crippen MR) is 34.4 cm³/mol. The van der Waals surface area contributed by atoms with Gasteiger partial charge in [0.05, 0.1) is 0 Å². The second-order valence-corrected chi connectivity index (χ2v) is 2.56. The highest BCUT2D eigenvalue weighted by Crippen LogP contribution is 2.30. The number of hydrogen-bond donors (Lipinski definition) is 6. The van der Waals surface area contributed by atoms with Gasteiger partial charge in [0.1, 0.15) is 0 Å². The molecular formula is C3H12N6O. The van der Waals surface area contributed by atoms with Gasteiger partial charge in [0.2, 0.25) is 11.7 Å². The molecule has 0 aliphatic carbocycles. The maximum atomic E-state index is 5.33. The fraction of sp³-hybridized carbons (Fsp3) is 1.00. The van der Waals surface area contributed by atoms with Gasteiger partial charge in [-0.2, -0.15) is 0 Å². The van der Waals surface area contributed by atoms with Gasteiger partial charge < -0.3 is 16.2 Å². The van der Waals surface area contributed by atoms with Gasteiger partial charge in [0, 0.05) is 0 Å². The summed E-state index contributed by atoms with van der Waals surface area (Å²) < 4.78 is 4.59. The van der Waals surface area contributed by atoms with Crippen molar-refractivity contribution in [1.82, 2.24) is 0 Å². The average molecular weight is 148 g/mol. The summed E-state index contributed by atoms with van der Waals surface area (Å²) in [5.74, 6) is -3.28. The lowest BCUT2D eigenvalue weighted by atomic mass is 9.93. The average Bonchev–Trinajstić information content (AvgIpc) is 1.61. The highest BCUT2D eigenvalue weighted by molar-refractivity contribution is 5.12. The fourth-order valence-electron chi connectivity index (χ4n) is 0.707. The minimum Gasteiger partial charge on any atom is -0.306 e. The van der Waals surface area contributed by atoms with Crippen LogP contribution in [-0.4, -0.2) is 17.4 Å². The van der Waals surface area contributed by atoms with Gasteiger partial charge in [-0.3, -0.25) is 22.9 Å². The first-order chi connectivity index (χ1) is 4.21. The van der Waals surface area contributed by atoms with Crippen LogP contribution < -0.4 is 34.4 Å².